The van der Waals surface area contributed by atoms with Crippen LogP contribution in [0.2, 0.25) is 0 Å². The van der Waals surface area contributed by atoms with Crippen LogP contribution in [0.3, 0.4) is 0 Å². The first-order valence-electron chi connectivity index (χ1n) is 8.04. The summed E-state index contributed by atoms with van der Waals surface area (Å²) < 4.78 is 11.5. The van der Waals surface area contributed by atoms with Crippen LogP contribution in [0.4, 0.5) is 0 Å². The molecule has 0 aromatic rings. The van der Waals surface area contributed by atoms with E-state index < -0.39 is 10.8 Å². The fraction of sp³-hybridized carbons (Fsp3) is 0.933. The zero-order chi connectivity index (χ0) is 14.1. The average molecular weight is 298 g/mol. The molecule has 2 bridgehead atoms. The molecule has 0 aromatic carbocycles. The molecule has 0 N–H and O–H groups in total. The van der Waals surface area contributed by atoms with Crippen LogP contribution in [-0.4, -0.2) is 63.6 Å². The normalized spacial score (nSPS) is 35.5. The number of piperazine rings is 1. The lowest BCUT2D eigenvalue weighted by Crippen LogP contribution is -2.53. The van der Waals surface area contributed by atoms with E-state index in [9.17, 15) is 9.00 Å². The lowest BCUT2D eigenvalue weighted by molar-refractivity contribution is -0.130. The summed E-state index contributed by atoms with van der Waals surface area (Å²) in [4.78, 5) is 16.6. The zero-order valence-corrected chi connectivity index (χ0v) is 13.2. The quantitative estimate of drug-likeness (QED) is 0.780. The highest BCUT2D eigenvalue weighted by Gasteiger charge is 2.42. The SMILES string of the molecule is CC[S@](=O)CC(=O)N1CCN([C@H]2C[C@H]3CC[C@H]2C3)CC1. The van der Waals surface area contributed by atoms with E-state index in [4.69, 9.17) is 0 Å². The van der Waals surface area contributed by atoms with Gasteiger partial charge in [-0.15, -0.1) is 0 Å². The van der Waals surface area contributed by atoms with Crippen LogP contribution in [0.1, 0.15) is 32.6 Å². The van der Waals surface area contributed by atoms with E-state index in [-0.39, 0.29) is 11.7 Å². The van der Waals surface area contributed by atoms with E-state index in [0.29, 0.717) is 5.75 Å². The maximum atomic E-state index is 12.0. The molecule has 114 valence electrons. The Hall–Kier alpha value is -0.420. The van der Waals surface area contributed by atoms with E-state index in [2.05, 4.69) is 4.90 Å². The summed E-state index contributed by atoms with van der Waals surface area (Å²) in [5.41, 5.74) is 0. The van der Waals surface area contributed by atoms with Crippen LogP contribution in [0.25, 0.3) is 0 Å². The number of hydrogen-bond donors (Lipinski definition) is 0. The van der Waals surface area contributed by atoms with Crippen LogP contribution < -0.4 is 0 Å². The van der Waals surface area contributed by atoms with E-state index in [1.54, 1.807) is 0 Å². The summed E-state index contributed by atoms with van der Waals surface area (Å²) in [7, 11) is -0.976. The molecule has 4 atom stereocenters. The molecule has 2 aliphatic carbocycles. The Kier molecular flexibility index (Phi) is 4.46. The second-order valence-electron chi connectivity index (χ2n) is 6.53. The zero-order valence-electron chi connectivity index (χ0n) is 12.4. The third-order valence-corrected chi connectivity index (χ3v) is 6.66. The maximum Gasteiger partial charge on any atom is 0.235 e. The Balaban J connectivity index is 1.47. The standard InChI is InChI=1S/C15H26N2O2S/c1-2-20(19)11-15(18)17-7-5-16(6-8-17)14-10-12-3-4-13(14)9-12/h12-14H,2-11H2,1H3/t12-,13-,14-,20-/m0/s1. The highest BCUT2D eigenvalue weighted by Crippen LogP contribution is 2.46. The Morgan fingerprint density at radius 1 is 1.15 bits per heavy atom. The summed E-state index contributed by atoms with van der Waals surface area (Å²) in [6.07, 6.45) is 5.70. The van der Waals surface area contributed by atoms with Crippen LogP contribution in [-0.2, 0) is 15.6 Å². The molecule has 0 spiro atoms. The van der Waals surface area contributed by atoms with E-state index in [0.717, 1.165) is 44.1 Å². The van der Waals surface area contributed by atoms with Gasteiger partial charge >= 0.3 is 0 Å². The van der Waals surface area contributed by atoms with Crippen molar-refractivity contribution in [2.45, 2.75) is 38.6 Å². The Morgan fingerprint density at radius 2 is 1.90 bits per heavy atom. The molecule has 3 rings (SSSR count). The molecule has 3 aliphatic rings. The van der Waals surface area contributed by atoms with Crippen molar-refractivity contribution < 1.29 is 9.00 Å². The summed E-state index contributed by atoms with van der Waals surface area (Å²) in [6.45, 7) is 5.55. The molecule has 20 heavy (non-hydrogen) atoms. The van der Waals surface area contributed by atoms with Crippen molar-refractivity contribution in [2.75, 3.05) is 37.7 Å². The highest BCUT2D eigenvalue weighted by molar-refractivity contribution is 7.85. The van der Waals surface area contributed by atoms with Crippen molar-refractivity contribution >= 4 is 16.7 Å². The third-order valence-electron chi connectivity index (χ3n) is 5.44. The minimum atomic E-state index is -0.976. The molecule has 1 aliphatic heterocycles. The summed E-state index contributed by atoms with van der Waals surface area (Å²) in [6, 6.07) is 0.788. The molecule has 2 saturated carbocycles. The molecule has 0 aromatic heterocycles. The lowest BCUT2D eigenvalue weighted by Gasteiger charge is -2.41. The van der Waals surface area contributed by atoms with Gasteiger partial charge in [0.25, 0.3) is 0 Å². The smallest absolute Gasteiger partial charge is 0.235 e. The first-order valence-corrected chi connectivity index (χ1v) is 9.53. The number of amides is 1. The first kappa shape index (κ1) is 14.5. The van der Waals surface area contributed by atoms with Crippen LogP contribution in [0.5, 0.6) is 0 Å². The molecule has 0 unspecified atom stereocenters. The Morgan fingerprint density at radius 3 is 2.45 bits per heavy atom. The fourth-order valence-corrected chi connectivity index (χ4v) is 4.95. The average Bonchev–Trinajstić information content (AvgIpc) is 3.10. The van der Waals surface area contributed by atoms with E-state index in [1.807, 2.05) is 11.8 Å². The van der Waals surface area contributed by atoms with Gasteiger partial charge in [-0.3, -0.25) is 13.9 Å². The number of carbonyl (C=O) groups is 1. The topological polar surface area (TPSA) is 40.6 Å². The Bertz CT molecular complexity index is 393. The minimum absolute atomic E-state index is 0.0813. The molecular weight excluding hydrogens is 272 g/mol. The van der Waals surface area contributed by atoms with Gasteiger partial charge in [0.2, 0.25) is 5.91 Å². The number of carbonyl (C=O) groups excluding carboxylic acids is 1. The largest absolute Gasteiger partial charge is 0.339 e. The molecular formula is C15H26N2O2S. The predicted octanol–water partition coefficient (Wildman–Crippen LogP) is 1.09. The van der Waals surface area contributed by atoms with E-state index >= 15 is 0 Å². The van der Waals surface area contributed by atoms with Crippen LogP contribution in [0, 0.1) is 11.8 Å². The molecule has 1 amide bonds. The van der Waals surface area contributed by atoms with Crippen molar-refractivity contribution in [2.24, 2.45) is 11.8 Å². The monoisotopic (exact) mass is 298 g/mol. The van der Waals surface area contributed by atoms with Crippen LogP contribution in [0.15, 0.2) is 0 Å². The second kappa shape index (κ2) is 6.14. The van der Waals surface area contributed by atoms with Crippen molar-refractivity contribution in [3.8, 4) is 0 Å². The molecule has 4 nitrogen and oxygen atoms in total. The van der Waals surface area contributed by atoms with Gasteiger partial charge in [0, 0.05) is 48.8 Å². The molecule has 0 radical (unpaired) electrons. The first-order chi connectivity index (χ1) is 9.67. The van der Waals surface area contributed by atoms with Gasteiger partial charge in [0.05, 0.1) is 0 Å². The number of rotatable bonds is 4. The minimum Gasteiger partial charge on any atom is -0.339 e. The molecule has 3 fully saturated rings. The molecule has 5 heteroatoms. The maximum absolute atomic E-state index is 12.0. The van der Waals surface area contributed by atoms with Gasteiger partial charge < -0.3 is 4.90 Å². The lowest BCUT2D eigenvalue weighted by atomic mass is 9.93. The number of nitrogens with zero attached hydrogens (tertiary/aromatic N) is 2. The third kappa shape index (κ3) is 2.93. The van der Waals surface area contributed by atoms with Crippen LogP contribution >= 0.6 is 0 Å². The molecule has 1 saturated heterocycles. The second-order valence-corrected chi connectivity index (χ2v) is 8.28. The van der Waals surface area contributed by atoms with E-state index in [1.165, 1.54) is 25.7 Å². The Labute approximate surface area is 124 Å². The van der Waals surface area contributed by atoms with Gasteiger partial charge in [0.15, 0.2) is 0 Å². The number of hydrogen-bond acceptors (Lipinski definition) is 3. The van der Waals surface area contributed by atoms with Gasteiger partial charge in [-0.2, -0.15) is 0 Å². The molecule has 1 heterocycles. The fourth-order valence-electron chi connectivity index (χ4n) is 4.29. The van der Waals surface area contributed by atoms with Crippen molar-refractivity contribution in [3.63, 3.8) is 0 Å². The van der Waals surface area contributed by atoms with Crippen molar-refractivity contribution in [1.82, 2.24) is 9.80 Å². The predicted molar refractivity (Wildman–Crippen MR) is 80.9 cm³/mol. The van der Waals surface area contributed by atoms with Gasteiger partial charge in [-0.1, -0.05) is 13.3 Å². The summed E-state index contributed by atoms with van der Waals surface area (Å²) in [5, 5.41) is 0. The van der Waals surface area contributed by atoms with Gasteiger partial charge in [-0.25, -0.2) is 0 Å². The highest BCUT2D eigenvalue weighted by atomic mass is 32.2. The van der Waals surface area contributed by atoms with Crippen molar-refractivity contribution in [3.05, 3.63) is 0 Å². The summed E-state index contributed by atoms with van der Waals surface area (Å²) >= 11 is 0. The van der Waals surface area contributed by atoms with Crippen molar-refractivity contribution in [1.29, 1.82) is 0 Å². The summed E-state index contributed by atoms with van der Waals surface area (Å²) in [5.74, 6) is 2.78. The number of fused-ring (bicyclic) bond motifs is 2. The van der Waals surface area contributed by atoms with Gasteiger partial charge in [-0.05, 0) is 31.1 Å². The van der Waals surface area contributed by atoms with Gasteiger partial charge in [0.1, 0.15) is 5.75 Å².